The molecule has 0 aliphatic rings. The molecule has 4 aromatic rings. The maximum Gasteiger partial charge on any atom is 0.291 e. The Labute approximate surface area is 162 Å². The van der Waals surface area contributed by atoms with Crippen molar-refractivity contribution >= 4 is 27.7 Å². The molecule has 0 saturated carbocycles. The van der Waals surface area contributed by atoms with Crippen molar-refractivity contribution in [2.75, 3.05) is 0 Å². The Morgan fingerprint density at radius 1 is 1.04 bits per heavy atom. The summed E-state index contributed by atoms with van der Waals surface area (Å²) in [6.07, 6.45) is 1.68. The van der Waals surface area contributed by atoms with Crippen LogP contribution in [0.3, 0.4) is 0 Å². The van der Waals surface area contributed by atoms with Crippen molar-refractivity contribution in [1.29, 1.82) is 0 Å². The van der Waals surface area contributed by atoms with E-state index >= 15 is 0 Å². The number of carbonyl (C=O) groups excluding carboxylic acids is 1. The third kappa shape index (κ3) is 3.29. The van der Waals surface area contributed by atoms with Crippen LogP contribution in [0.25, 0.3) is 21.8 Å². The maximum absolute atomic E-state index is 13.2. The molecule has 4 rings (SSSR count). The highest BCUT2D eigenvalue weighted by molar-refractivity contribution is 6.07. The number of nitrogens with zero attached hydrogens (tertiary/aromatic N) is 3. The van der Waals surface area contributed by atoms with Gasteiger partial charge in [0.1, 0.15) is 12.1 Å². The van der Waals surface area contributed by atoms with Gasteiger partial charge in [-0.1, -0.05) is 48.5 Å². The van der Waals surface area contributed by atoms with Crippen LogP contribution in [0.4, 0.5) is 0 Å². The molecule has 0 saturated heterocycles. The lowest BCUT2D eigenvalue weighted by Gasteiger charge is -2.10. The van der Waals surface area contributed by atoms with Crippen LogP contribution in [-0.4, -0.2) is 26.3 Å². The van der Waals surface area contributed by atoms with Crippen LogP contribution in [0.15, 0.2) is 65.6 Å². The van der Waals surface area contributed by atoms with E-state index in [1.54, 1.807) is 6.20 Å². The summed E-state index contributed by atoms with van der Waals surface area (Å²) in [5, 5.41) is 8.84. The van der Waals surface area contributed by atoms with Crippen molar-refractivity contribution in [3.8, 4) is 0 Å². The van der Waals surface area contributed by atoms with Gasteiger partial charge in [0, 0.05) is 28.9 Å². The van der Waals surface area contributed by atoms with Gasteiger partial charge < -0.3 is 9.88 Å². The Morgan fingerprint density at radius 3 is 2.50 bits per heavy atom. The third-order valence-corrected chi connectivity index (χ3v) is 4.70. The molecule has 2 aromatic heterocycles. The number of rotatable bonds is 5. The maximum atomic E-state index is 13.2. The van der Waals surface area contributed by atoms with Crippen LogP contribution >= 0.6 is 0 Å². The van der Waals surface area contributed by atoms with Gasteiger partial charge in [0.25, 0.3) is 5.56 Å². The van der Waals surface area contributed by atoms with Crippen molar-refractivity contribution in [3.05, 3.63) is 76.7 Å². The zero-order chi connectivity index (χ0) is 19.7. The average molecular weight is 374 g/mol. The number of carbonyl (C=O) groups is 1. The van der Waals surface area contributed by atoms with E-state index in [9.17, 15) is 9.59 Å². The predicted octanol–water partition coefficient (Wildman–Crippen LogP) is 2.92. The second-order valence-electron chi connectivity index (χ2n) is 7.18. The van der Waals surface area contributed by atoms with E-state index in [2.05, 4.69) is 10.4 Å². The Morgan fingerprint density at radius 2 is 1.75 bits per heavy atom. The molecule has 142 valence electrons. The molecule has 0 aliphatic carbocycles. The fourth-order valence-electron chi connectivity index (χ4n) is 3.54. The van der Waals surface area contributed by atoms with E-state index in [4.69, 9.17) is 0 Å². The van der Waals surface area contributed by atoms with Crippen LogP contribution < -0.4 is 10.9 Å². The van der Waals surface area contributed by atoms with Crippen molar-refractivity contribution < 1.29 is 4.79 Å². The molecular formula is C22H22N4O2. The SMILES string of the molecule is CC(C)NC(=O)Cn1ncc2c3ccccc3n(Cc3ccccc3)c2c1=O. The fraction of sp³-hybridized carbons (Fsp3) is 0.227. The van der Waals surface area contributed by atoms with Crippen LogP contribution in [0, 0.1) is 0 Å². The molecule has 1 N–H and O–H groups in total. The average Bonchev–Trinajstić information content (AvgIpc) is 2.99. The summed E-state index contributed by atoms with van der Waals surface area (Å²) in [5.74, 6) is -0.227. The largest absolute Gasteiger partial charge is 0.352 e. The molecule has 0 atom stereocenters. The Hall–Kier alpha value is -3.41. The molecule has 0 fully saturated rings. The van der Waals surface area contributed by atoms with Crippen LogP contribution in [0.2, 0.25) is 0 Å². The lowest BCUT2D eigenvalue weighted by molar-refractivity contribution is -0.122. The first-order chi connectivity index (χ1) is 13.5. The number of aromatic nitrogens is 3. The van der Waals surface area contributed by atoms with Gasteiger partial charge in [0.2, 0.25) is 5.91 Å². The van der Waals surface area contributed by atoms with E-state index in [1.807, 2.05) is 73.0 Å². The molecule has 6 heteroatoms. The van der Waals surface area contributed by atoms with Crippen molar-refractivity contribution in [2.24, 2.45) is 0 Å². The van der Waals surface area contributed by atoms with Crippen molar-refractivity contribution in [3.63, 3.8) is 0 Å². The minimum Gasteiger partial charge on any atom is -0.352 e. The summed E-state index contributed by atoms with van der Waals surface area (Å²) in [4.78, 5) is 25.4. The van der Waals surface area contributed by atoms with Crippen LogP contribution in [-0.2, 0) is 17.9 Å². The first kappa shape index (κ1) is 18.0. The third-order valence-electron chi connectivity index (χ3n) is 4.70. The lowest BCUT2D eigenvalue weighted by Crippen LogP contribution is -2.37. The minimum atomic E-state index is -0.261. The number of hydrogen-bond acceptors (Lipinski definition) is 3. The molecule has 0 spiro atoms. The van der Waals surface area contributed by atoms with Gasteiger partial charge in [-0.15, -0.1) is 0 Å². The van der Waals surface area contributed by atoms with Crippen LogP contribution in [0.1, 0.15) is 19.4 Å². The highest BCUT2D eigenvalue weighted by atomic mass is 16.2. The highest BCUT2D eigenvalue weighted by Gasteiger charge is 2.17. The summed E-state index contributed by atoms with van der Waals surface area (Å²) in [6.45, 7) is 4.24. The van der Waals surface area contributed by atoms with Gasteiger partial charge in [-0.2, -0.15) is 5.10 Å². The molecule has 0 bridgehead atoms. The van der Waals surface area contributed by atoms with Crippen molar-refractivity contribution in [1.82, 2.24) is 19.7 Å². The highest BCUT2D eigenvalue weighted by Crippen LogP contribution is 2.27. The molecule has 6 nitrogen and oxygen atoms in total. The Balaban J connectivity index is 1.88. The number of nitrogens with one attached hydrogen (secondary N) is 1. The van der Waals surface area contributed by atoms with Gasteiger partial charge in [-0.3, -0.25) is 9.59 Å². The first-order valence-corrected chi connectivity index (χ1v) is 9.35. The standard InChI is InChI=1S/C22H22N4O2/c1-15(2)24-20(27)14-26-22(28)21-18(12-23-26)17-10-6-7-11-19(17)25(21)13-16-8-4-3-5-9-16/h3-12,15H,13-14H2,1-2H3,(H,24,27). The molecular weight excluding hydrogens is 352 g/mol. The molecule has 1 amide bonds. The molecule has 28 heavy (non-hydrogen) atoms. The molecule has 0 aliphatic heterocycles. The van der Waals surface area contributed by atoms with E-state index in [0.717, 1.165) is 21.9 Å². The quantitative estimate of drug-likeness (QED) is 0.584. The topological polar surface area (TPSA) is 68.9 Å². The number of fused-ring (bicyclic) bond motifs is 3. The van der Waals surface area contributed by atoms with Gasteiger partial charge in [0.05, 0.1) is 6.20 Å². The summed E-state index contributed by atoms with van der Waals surface area (Å²) in [6, 6.07) is 18.0. The monoisotopic (exact) mass is 374 g/mol. The summed E-state index contributed by atoms with van der Waals surface area (Å²) in [7, 11) is 0. The number of hydrogen-bond donors (Lipinski definition) is 1. The summed E-state index contributed by atoms with van der Waals surface area (Å²) in [5.41, 5.74) is 2.39. The van der Waals surface area contributed by atoms with E-state index in [1.165, 1.54) is 4.68 Å². The number of amides is 1. The van der Waals surface area contributed by atoms with Crippen molar-refractivity contribution in [2.45, 2.75) is 33.0 Å². The molecule has 2 aromatic carbocycles. The second kappa shape index (κ2) is 7.31. The fourth-order valence-corrected chi connectivity index (χ4v) is 3.54. The number of para-hydroxylation sites is 1. The zero-order valence-corrected chi connectivity index (χ0v) is 15.9. The van der Waals surface area contributed by atoms with Gasteiger partial charge in [-0.05, 0) is 25.5 Å². The predicted molar refractivity (Wildman–Crippen MR) is 110 cm³/mol. The van der Waals surface area contributed by atoms with Crippen LogP contribution in [0.5, 0.6) is 0 Å². The van der Waals surface area contributed by atoms with Gasteiger partial charge in [0.15, 0.2) is 0 Å². The second-order valence-corrected chi connectivity index (χ2v) is 7.18. The first-order valence-electron chi connectivity index (χ1n) is 9.35. The molecule has 2 heterocycles. The summed E-state index contributed by atoms with van der Waals surface area (Å²) >= 11 is 0. The summed E-state index contributed by atoms with van der Waals surface area (Å²) < 4.78 is 3.25. The molecule has 0 unspecified atom stereocenters. The lowest BCUT2D eigenvalue weighted by atomic mass is 10.2. The smallest absolute Gasteiger partial charge is 0.291 e. The zero-order valence-electron chi connectivity index (χ0n) is 15.9. The number of benzene rings is 2. The van der Waals surface area contributed by atoms with Gasteiger partial charge >= 0.3 is 0 Å². The molecule has 0 radical (unpaired) electrons. The Kier molecular flexibility index (Phi) is 4.69. The normalized spacial score (nSPS) is 11.4. The Bertz CT molecular complexity index is 1210. The van der Waals surface area contributed by atoms with E-state index < -0.39 is 0 Å². The van der Waals surface area contributed by atoms with Gasteiger partial charge in [-0.25, -0.2) is 4.68 Å². The van der Waals surface area contributed by atoms with E-state index in [0.29, 0.717) is 12.1 Å². The minimum absolute atomic E-state index is 0.0106. The van der Waals surface area contributed by atoms with E-state index in [-0.39, 0.29) is 24.1 Å².